The lowest BCUT2D eigenvalue weighted by molar-refractivity contribution is 0.324. The molecule has 5 heteroatoms. The second-order valence-electron chi connectivity index (χ2n) is 4.62. The van der Waals surface area contributed by atoms with Crippen molar-refractivity contribution >= 4 is 5.69 Å². The third-order valence-electron chi connectivity index (χ3n) is 3.32. The lowest BCUT2D eigenvalue weighted by Gasteiger charge is -2.15. The first kappa shape index (κ1) is 15.8. The molecule has 118 valence electrons. The van der Waals surface area contributed by atoms with Crippen LogP contribution in [0.1, 0.15) is 5.56 Å². The molecule has 22 heavy (non-hydrogen) atoms. The van der Waals surface area contributed by atoms with Crippen LogP contribution < -0.4 is 24.3 Å². The maximum atomic E-state index is 5.34. The number of hydrogen-bond donors (Lipinski definition) is 1. The van der Waals surface area contributed by atoms with Gasteiger partial charge in [-0.25, -0.2) is 0 Å². The summed E-state index contributed by atoms with van der Waals surface area (Å²) < 4.78 is 21.1. The highest BCUT2D eigenvalue weighted by Crippen LogP contribution is 2.40. The van der Waals surface area contributed by atoms with Gasteiger partial charge in [0.05, 0.1) is 28.4 Å². The minimum atomic E-state index is 0.583. The summed E-state index contributed by atoms with van der Waals surface area (Å²) in [7, 11) is 6.45. The van der Waals surface area contributed by atoms with Crippen LogP contribution >= 0.6 is 0 Å². The van der Waals surface area contributed by atoms with Gasteiger partial charge in [0.25, 0.3) is 0 Å². The lowest BCUT2D eigenvalue weighted by Crippen LogP contribution is -2.02. The molecule has 0 aliphatic rings. The van der Waals surface area contributed by atoms with Crippen molar-refractivity contribution in [2.24, 2.45) is 0 Å². The quantitative estimate of drug-likeness (QED) is 0.850. The van der Waals surface area contributed by atoms with Crippen molar-refractivity contribution in [3.63, 3.8) is 0 Å². The Kier molecular flexibility index (Phi) is 5.36. The van der Waals surface area contributed by atoms with Crippen molar-refractivity contribution < 1.29 is 18.9 Å². The monoisotopic (exact) mass is 303 g/mol. The van der Waals surface area contributed by atoms with Gasteiger partial charge in [0.1, 0.15) is 5.75 Å². The first-order valence-electron chi connectivity index (χ1n) is 6.88. The summed E-state index contributed by atoms with van der Waals surface area (Å²) in [5, 5.41) is 3.34. The van der Waals surface area contributed by atoms with Crippen LogP contribution in [0.25, 0.3) is 0 Å². The van der Waals surface area contributed by atoms with E-state index in [0.717, 1.165) is 17.0 Å². The van der Waals surface area contributed by atoms with Crippen LogP contribution in [0, 0.1) is 0 Å². The number of anilines is 1. The first-order valence-corrected chi connectivity index (χ1v) is 6.88. The van der Waals surface area contributed by atoms with Crippen molar-refractivity contribution in [3.8, 4) is 23.0 Å². The molecule has 0 saturated carbocycles. The fraction of sp³-hybridized carbons (Fsp3) is 0.294. The van der Waals surface area contributed by atoms with E-state index in [1.807, 2.05) is 36.4 Å². The van der Waals surface area contributed by atoms with E-state index in [1.165, 1.54) is 0 Å². The largest absolute Gasteiger partial charge is 0.497 e. The Balaban J connectivity index is 2.14. The van der Waals surface area contributed by atoms with Gasteiger partial charge in [-0.1, -0.05) is 12.1 Å². The molecule has 0 aromatic heterocycles. The molecular formula is C17H21NO4. The van der Waals surface area contributed by atoms with Crippen LogP contribution in [-0.4, -0.2) is 28.4 Å². The van der Waals surface area contributed by atoms with Crippen molar-refractivity contribution in [2.45, 2.75) is 6.54 Å². The Hall–Kier alpha value is -2.56. The van der Waals surface area contributed by atoms with Gasteiger partial charge in [-0.15, -0.1) is 0 Å². The third-order valence-corrected chi connectivity index (χ3v) is 3.32. The minimum Gasteiger partial charge on any atom is -0.497 e. The number of rotatable bonds is 7. The van der Waals surface area contributed by atoms with Crippen LogP contribution in [0.3, 0.4) is 0 Å². The van der Waals surface area contributed by atoms with E-state index in [0.29, 0.717) is 23.8 Å². The molecule has 0 spiro atoms. The standard InChI is InChI=1S/C17H21NO4/c1-19-14-7-5-12(6-8-14)11-18-13-9-15(20-2)17(22-4)16(10-13)21-3/h5-10,18H,11H2,1-4H3. The van der Waals surface area contributed by atoms with Crippen LogP contribution in [0.2, 0.25) is 0 Å². The summed E-state index contributed by atoms with van der Waals surface area (Å²) >= 11 is 0. The van der Waals surface area contributed by atoms with E-state index in [1.54, 1.807) is 28.4 Å². The Morgan fingerprint density at radius 2 is 1.36 bits per heavy atom. The maximum absolute atomic E-state index is 5.34. The Morgan fingerprint density at radius 1 is 0.773 bits per heavy atom. The smallest absolute Gasteiger partial charge is 0.203 e. The molecular weight excluding hydrogens is 282 g/mol. The van der Waals surface area contributed by atoms with E-state index in [2.05, 4.69) is 5.32 Å². The highest BCUT2D eigenvalue weighted by molar-refractivity contribution is 5.62. The summed E-state index contributed by atoms with van der Waals surface area (Å²) in [5.41, 5.74) is 2.04. The summed E-state index contributed by atoms with van der Waals surface area (Å²) in [4.78, 5) is 0. The first-order chi connectivity index (χ1) is 10.7. The van der Waals surface area contributed by atoms with Gasteiger partial charge in [0, 0.05) is 24.4 Å². The lowest BCUT2D eigenvalue weighted by atomic mass is 10.2. The molecule has 0 atom stereocenters. The Labute approximate surface area is 130 Å². The molecule has 0 radical (unpaired) electrons. The second kappa shape index (κ2) is 7.45. The number of nitrogens with one attached hydrogen (secondary N) is 1. The van der Waals surface area contributed by atoms with Gasteiger partial charge in [-0.05, 0) is 17.7 Å². The van der Waals surface area contributed by atoms with Crippen LogP contribution in [0.5, 0.6) is 23.0 Å². The van der Waals surface area contributed by atoms with Crippen molar-refractivity contribution in [1.29, 1.82) is 0 Å². The SMILES string of the molecule is COc1ccc(CNc2cc(OC)c(OC)c(OC)c2)cc1. The Bertz CT molecular complexity index is 586. The Morgan fingerprint density at radius 3 is 1.82 bits per heavy atom. The third kappa shape index (κ3) is 3.55. The molecule has 0 bridgehead atoms. The minimum absolute atomic E-state index is 0.583. The average Bonchev–Trinajstić information content (AvgIpc) is 2.59. The molecule has 0 heterocycles. The second-order valence-corrected chi connectivity index (χ2v) is 4.62. The normalized spacial score (nSPS) is 10.0. The molecule has 1 N–H and O–H groups in total. The van der Waals surface area contributed by atoms with Crippen LogP contribution in [-0.2, 0) is 6.54 Å². The van der Waals surface area contributed by atoms with Crippen LogP contribution in [0.15, 0.2) is 36.4 Å². The van der Waals surface area contributed by atoms with Gasteiger partial charge in [0.2, 0.25) is 5.75 Å². The summed E-state index contributed by atoms with van der Waals surface area (Å²) in [6, 6.07) is 11.7. The van der Waals surface area contributed by atoms with E-state index in [9.17, 15) is 0 Å². The molecule has 0 fully saturated rings. The van der Waals surface area contributed by atoms with Crippen molar-refractivity contribution in [1.82, 2.24) is 0 Å². The maximum Gasteiger partial charge on any atom is 0.203 e. The fourth-order valence-electron chi connectivity index (χ4n) is 2.13. The molecule has 0 amide bonds. The average molecular weight is 303 g/mol. The molecule has 2 aromatic carbocycles. The predicted octanol–water partition coefficient (Wildman–Crippen LogP) is 3.33. The van der Waals surface area contributed by atoms with Gasteiger partial charge in [0.15, 0.2) is 11.5 Å². The number of hydrogen-bond acceptors (Lipinski definition) is 5. The van der Waals surface area contributed by atoms with Gasteiger partial charge in [-0.2, -0.15) is 0 Å². The topological polar surface area (TPSA) is 49.0 Å². The van der Waals surface area contributed by atoms with E-state index >= 15 is 0 Å². The van der Waals surface area contributed by atoms with E-state index < -0.39 is 0 Å². The van der Waals surface area contributed by atoms with Crippen molar-refractivity contribution in [3.05, 3.63) is 42.0 Å². The highest BCUT2D eigenvalue weighted by atomic mass is 16.5. The predicted molar refractivity (Wildman–Crippen MR) is 86.4 cm³/mol. The van der Waals surface area contributed by atoms with Crippen molar-refractivity contribution in [2.75, 3.05) is 33.8 Å². The fourth-order valence-corrected chi connectivity index (χ4v) is 2.13. The zero-order valence-corrected chi connectivity index (χ0v) is 13.3. The zero-order chi connectivity index (χ0) is 15.9. The number of benzene rings is 2. The highest BCUT2D eigenvalue weighted by Gasteiger charge is 2.12. The summed E-state index contributed by atoms with van der Waals surface area (Å²) in [5.74, 6) is 2.68. The van der Waals surface area contributed by atoms with Gasteiger partial charge in [-0.3, -0.25) is 0 Å². The molecule has 5 nitrogen and oxygen atoms in total. The molecule has 0 aliphatic heterocycles. The van der Waals surface area contributed by atoms with Crippen LogP contribution in [0.4, 0.5) is 5.69 Å². The molecule has 0 unspecified atom stereocenters. The summed E-state index contributed by atoms with van der Waals surface area (Å²) in [6.07, 6.45) is 0. The number of methoxy groups -OCH3 is 4. The summed E-state index contributed by atoms with van der Waals surface area (Å²) in [6.45, 7) is 0.683. The number of ether oxygens (including phenoxy) is 4. The molecule has 0 aliphatic carbocycles. The molecule has 2 rings (SSSR count). The molecule has 2 aromatic rings. The zero-order valence-electron chi connectivity index (χ0n) is 13.3. The van der Waals surface area contributed by atoms with E-state index in [-0.39, 0.29) is 0 Å². The van der Waals surface area contributed by atoms with Gasteiger partial charge < -0.3 is 24.3 Å². The molecule has 0 saturated heterocycles. The van der Waals surface area contributed by atoms with E-state index in [4.69, 9.17) is 18.9 Å². The van der Waals surface area contributed by atoms with Gasteiger partial charge >= 0.3 is 0 Å².